The normalized spacial score (nSPS) is 11.0. The van der Waals surface area contributed by atoms with E-state index in [1.807, 2.05) is 28.7 Å². The number of esters is 1. The van der Waals surface area contributed by atoms with Gasteiger partial charge in [0.25, 0.3) is 0 Å². The van der Waals surface area contributed by atoms with Crippen LogP contribution in [0.1, 0.15) is 10.4 Å². The summed E-state index contributed by atoms with van der Waals surface area (Å²) in [5, 5.41) is 11.8. The summed E-state index contributed by atoms with van der Waals surface area (Å²) < 4.78 is 7.74. The summed E-state index contributed by atoms with van der Waals surface area (Å²) in [6.07, 6.45) is 0. The third-order valence-electron chi connectivity index (χ3n) is 3.83. The minimum absolute atomic E-state index is 0.165. The number of thioether (sulfide) groups is 1. The molecule has 0 aliphatic rings. The van der Waals surface area contributed by atoms with Crippen LogP contribution in [-0.4, -0.2) is 39.3 Å². The van der Waals surface area contributed by atoms with Crippen LogP contribution in [0.3, 0.4) is 0 Å². The monoisotopic (exact) mass is 398 g/mol. The fourth-order valence-corrected chi connectivity index (χ4v) is 4.35. The summed E-state index contributed by atoms with van der Waals surface area (Å²) in [5.41, 5.74) is 2.07. The Labute approximate surface area is 162 Å². The maximum absolute atomic E-state index is 12.2. The average Bonchev–Trinajstić information content (AvgIpc) is 3.25. The molecule has 0 saturated heterocycles. The van der Waals surface area contributed by atoms with Gasteiger partial charge >= 0.3 is 5.97 Å². The molecule has 7 nitrogen and oxygen atoms in total. The van der Waals surface area contributed by atoms with Crippen molar-refractivity contribution >= 4 is 55.8 Å². The second kappa shape index (κ2) is 7.37. The first-order valence-corrected chi connectivity index (χ1v) is 9.79. The van der Waals surface area contributed by atoms with E-state index in [4.69, 9.17) is 0 Å². The molecule has 2 aromatic carbocycles. The zero-order valence-corrected chi connectivity index (χ0v) is 15.8. The van der Waals surface area contributed by atoms with Gasteiger partial charge in [0.2, 0.25) is 10.9 Å². The Morgan fingerprint density at radius 3 is 2.70 bits per heavy atom. The Morgan fingerprint density at radius 2 is 1.93 bits per heavy atom. The number of ether oxygens (including phenoxy) is 1. The van der Waals surface area contributed by atoms with Crippen molar-refractivity contribution in [2.75, 3.05) is 18.2 Å². The van der Waals surface area contributed by atoms with E-state index in [9.17, 15) is 9.59 Å². The molecule has 1 N–H and O–H groups in total. The summed E-state index contributed by atoms with van der Waals surface area (Å²) >= 11 is 2.89. The molecule has 9 heteroatoms. The highest BCUT2D eigenvalue weighted by Crippen LogP contribution is 2.29. The van der Waals surface area contributed by atoms with E-state index in [2.05, 4.69) is 20.3 Å². The van der Waals surface area contributed by atoms with Crippen LogP contribution in [0.2, 0.25) is 0 Å². The number of hydrogen-bond acceptors (Lipinski definition) is 7. The Hall–Kier alpha value is -2.91. The average molecular weight is 398 g/mol. The van der Waals surface area contributed by atoms with Gasteiger partial charge in [-0.05, 0) is 36.4 Å². The number of nitrogens with zero attached hydrogens (tertiary/aromatic N) is 3. The van der Waals surface area contributed by atoms with E-state index in [0.29, 0.717) is 16.4 Å². The maximum atomic E-state index is 12.2. The summed E-state index contributed by atoms with van der Waals surface area (Å²) in [5.74, 6) is -0.381. The Kier molecular flexibility index (Phi) is 4.78. The van der Waals surface area contributed by atoms with Crippen LogP contribution in [0, 0.1) is 0 Å². The van der Waals surface area contributed by atoms with Crippen LogP contribution in [0.15, 0.2) is 53.7 Å². The van der Waals surface area contributed by atoms with E-state index < -0.39 is 5.97 Å². The number of methoxy groups -OCH3 is 1. The Balaban J connectivity index is 1.43. The van der Waals surface area contributed by atoms with Gasteiger partial charge in [0.05, 0.1) is 28.6 Å². The highest BCUT2D eigenvalue weighted by Gasteiger charge is 2.14. The molecule has 0 spiro atoms. The van der Waals surface area contributed by atoms with Crippen LogP contribution < -0.4 is 5.32 Å². The minimum Gasteiger partial charge on any atom is -0.465 e. The zero-order chi connectivity index (χ0) is 18.8. The van der Waals surface area contributed by atoms with Gasteiger partial charge in [0, 0.05) is 5.69 Å². The number of carbonyl (C=O) groups excluding carboxylic acids is 2. The first-order chi connectivity index (χ1) is 13.2. The number of fused-ring (bicyclic) bond motifs is 3. The van der Waals surface area contributed by atoms with Crippen molar-refractivity contribution in [3.05, 3.63) is 54.1 Å². The lowest BCUT2D eigenvalue weighted by atomic mass is 10.2. The van der Waals surface area contributed by atoms with E-state index in [0.717, 1.165) is 15.2 Å². The van der Waals surface area contributed by atoms with Crippen molar-refractivity contribution in [2.24, 2.45) is 0 Å². The molecule has 0 unspecified atom stereocenters. The quantitative estimate of drug-likeness (QED) is 0.409. The molecule has 2 aromatic heterocycles. The first kappa shape index (κ1) is 17.5. The van der Waals surface area contributed by atoms with Gasteiger partial charge in [0.15, 0.2) is 5.16 Å². The van der Waals surface area contributed by atoms with Gasteiger partial charge in [-0.25, -0.2) is 4.79 Å². The molecule has 0 aliphatic heterocycles. The highest BCUT2D eigenvalue weighted by molar-refractivity contribution is 7.99. The van der Waals surface area contributed by atoms with E-state index >= 15 is 0 Å². The third-order valence-corrected chi connectivity index (χ3v) is 5.77. The van der Waals surface area contributed by atoms with Crippen molar-refractivity contribution in [3.8, 4) is 0 Å². The van der Waals surface area contributed by atoms with Gasteiger partial charge in [-0.15, -0.1) is 10.2 Å². The maximum Gasteiger partial charge on any atom is 0.337 e. The second-order valence-electron chi connectivity index (χ2n) is 5.58. The van der Waals surface area contributed by atoms with Gasteiger partial charge in [-0.3, -0.25) is 9.20 Å². The molecule has 2 heterocycles. The number of carbonyl (C=O) groups is 2. The smallest absolute Gasteiger partial charge is 0.337 e. The molecule has 0 bridgehead atoms. The number of aromatic nitrogens is 3. The second-order valence-corrected chi connectivity index (χ2v) is 7.53. The summed E-state index contributed by atoms with van der Waals surface area (Å²) in [6, 6.07) is 14.5. The fraction of sp³-hybridized carbons (Fsp3) is 0.111. The van der Waals surface area contributed by atoms with E-state index in [-0.39, 0.29) is 11.7 Å². The summed E-state index contributed by atoms with van der Waals surface area (Å²) in [4.78, 5) is 24.5. The van der Waals surface area contributed by atoms with E-state index in [1.165, 1.54) is 18.9 Å². The van der Waals surface area contributed by atoms with Gasteiger partial charge in [-0.1, -0.05) is 35.2 Å². The van der Waals surface area contributed by atoms with Crippen molar-refractivity contribution in [1.29, 1.82) is 0 Å². The molecule has 0 aliphatic carbocycles. The molecular formula is C18H14N4O3S2. The van der Waals surface area contributed by atoms with Crippen molar-refractivity contribution in [2.45, 2.75) is 5.16 Å². The van der Waals surface area contributed by atoms with Gasteiger partial charge < -0.3 is 10.1 Å². The number of rotatable bonds is 5. The van der Waals surface area contributed by atoms with Crippen molar-refractivity contribution < 1.29 is 14.3 Å². The molecule has 0 radical (unpaired) electrons. The fourth-order valence-electron chi connectivity index (χ4n) is 2.58. The lowest BCUT2D eigenvalue weighted by molar-refractivity contribution is -0.113. The Morgan fingerprint density at radius 1 is 1.15 bits per heavy atom. The standard InChI is InChI=1S/C18H14N4O3S2/c1-25-16(24)11-6-8-12(9-7-11)19-15(23)10-26-17-20-21-18-22(17)13-4-2-3-5-14(13)27-18/h2-9H,10H2,1H3,(H,19,23). The number of hydrogen-bond donors (Lipinski definition) is 1. The highest BCUT2D eigenvalue weighted by atomic mass is 32.2. The summed E-state index contributed by atoms with van der Waals surface area (Å²) in [7, 11) is 1.33. The van der Waals surface area contributed by atoms with Crippen LogP contribution >= 0.6 is 23.1 Å². The number of anilines is 1. The number of nitrogens with one attached hydrogen (secondary N) is 1. The van der Waals surface area contributed by atoms with Crippen LogP contribution in [0.25, 0.3) is 15.2 Å². The summed E-state index contributed by atoms with van der Waals surface area (Å²) in [6.45, 7) is 0. The number of thiazole rings is 1. The molecule has 1 amide bonds. The molecule has 27 heavy (non-hydrogen) atoms. The SMILES string of the molecule is COC(=O)c1ccc(NC(=O)CSc2nnc3sc4ccccc4n23)cc1. The minimum atomic E-state index is -0.415. The van der Waals surface area contributed by atoms with Gasteiger partial charge in [0.1, 0.15) is 0 Å². The molecule has 0 fully saturated rings. The third kappa shape index (κ3) is 3.51. The first-order valence-electron chi connectivity index (χ1n) is 7.99. The molecular weight excluding hydrogens is 384 g/mol. The van der Waals surface area contributed by atoms with Crippen molar-refractivity contribution in [1.82, 2.24) is 14.6 Å². The zero-order valence-electron chi connectivity index (χ0n) is 14.2. The van der Waals surface area contributed by atoms with Crippen LogP contribution in [-0.2, 0) is 9.53 Å². The molecule has 4 rings (SSSR count). The topological polar surface area (TPSA) is 85.6 Å². The molecule has 0 atom stereocenters. The Bertz CT molecular complexity index is 1130. The number of para-hydroxylation sites is 1. The predicted molar refractivity (Wildman–Crippen MR) is 106 cm³/mol. The van der Waals surface area contributed by atoms with E-state index in [1.54, 1.807) is 35.6 Å². The molecule has 136 valence electrons. The molecule has 0 saturated carbocycles. The number of benzene rings is 2. The predicted octanol–water partition coefficient (Wildman–Crippen LogP) is 3.46. The van der Waals surface area contributed by atoms with Crippen molar-refractivity contribution in [3.63, 3.8) is 0 Å². The lowest BCUT2D eigenvalue weighted by Crippen LogP contribution is -2.14. The van der Waals surface area contributed by atoms with Gasteiger partial charge in [-0.2, -0.15) is 0 Å². The molecule has 4 aromatic rings. The van der Waals surface area contributed by atoms with Crippen LogP contribution in [0.4, 0.5) is 5.69 Å². The largest absolute Gasteiger partial charge is 0.465 e. The number of amides is 1. The lowest BCUT2D eigenvalue weighted by Gasteiger charge is -2.05. The van der Waals surface area contributed by atoms with Crippen LogP contribution in [0.5, 0.6) is 0 Å².